The molecular formula is C9H18N2O2. The molecule has 0 spiro atoms. The predicted molar refractivity (Wildman–Crippen MR) is 52.9 cm³/mol. The second kappa shape index (κ2) is 5.56. The van der Waals surface area contributed by atoms with Gasteiger partial charge in [0.15, 0.2) is 0 Å². The molecule has 0 aromatic heterocycles. The van der Waals surface area contributed by atoms with E-state index in [1.165, 1.54) is 7.11 Å². The van der Waals surface area contributed by atoms with Crippen LogP contribution in [0.2, 0.25) is 0 Å². The van der Waals surface area contributed by atoms with Crippen LogP contribution in [0.15, 0.2) is 4.99 Å². The van der Waals surface area contributed by atoms with Crippen LogP contribution in [0.1, 0.15) is 20.3 Å². The number of methoxy groups -OCH3 is 1. The van der Waals surface area contributed by atoms with E-state index < -0.39 is 6.04 Å². The first-order valence-electron chi connectivity index (χ1n) is 4.34. The first-order chi connectivity index (χ1) is 6.02. The molecule has 0 N–H and O–H groups in total. The van der Waals surface area contributed by atoms with Gasteiger partial charge in [0, 0.05) is 20.5 Å². The summed E-state index contributed by atoms with van der Waals surface area (Å²) in [4.78, 5) is 17.2. The zero-order valence-electron chi connectivity index (χ0n) is 9.00. The number of amidine groups is 1. The molecule has 1 unspecified atom stereocenters. The van der Waals surface area contributed by atoms with E-state index in [9.17, 15) is 4.79 Å². The van der Waals surface area contributed by atoms with Crippen LogP contribution in [0.3, 0.4) is 0 Å². The van der Waals surface area contributed by atoms with Crippen LogP contribution in [0.25, 0.3) is 0 Å². The van der Waals surface area contributed by atoms with Gasteiger partial charge in [-0.2, -0.15) is 0 Å². The quantitative estimate of drug-likeness (QED) is 0.374. The van der Waals surface area contributed by atoms with Crippen LogP contribution in [-0.2, 0) is 9.53 Å². The molecule has 0 radical (unpaired) electrons. The highest BCUT2D eigenvalue weighted by Crippen LogP contribution is 1.98. The van der Waals surface area contributed by atoms with Crippen molar-refractivity contribution in [3.63, 3.8) is 0 Å². The molecule has 0 heterocycles. The van der Waals surface area contributed by atoms with Crippen molar-refractivity contribution in [3.8, 4) is 0 Å². The number of carbonyl (C=O) groups excluding carboxylic acids is 1. The molecule has 0 fully saturated rings. The minimum absolute atomic E-state index is 0.298. The molecule has 0 aliphatic rings. The second-order valence-corrected chi connectivity index (χ2v) is 2.99. The van der Waals surface area contributed by atoms with E-state index in [0.717, 1.165) is 12.3 Å². The molecule has 0 aliphatic heterocycles. The van der Waals surface area contributed by atoms with Gasteiger partial charge in [-0.3, -0.25) is 4.99 Å². The van der Waals surface area contributed by atoms with Gasteiger partial charge < -0.3 is 9.64 Å². The first kappa shape index (κ1) is 11.9. The molecule has 0 aromatic carbocycles. The highest BCUT2D eigenvalue weighted by molar-refractivity contribution is 5.85. The maximum Gasteiger partial charge on any atom is 0.330 e. The van der Waals surface area contributed by atoms with Crippen molar-refractivity contribution in [3.05, 3.63) is 0 Å². The van der Waals surface area contributed by atoms with Crippen molar-refractivity contribution in [1.29, 1.82) is 0 Å². The Hall–Kier alpha value is -1.06. The maximum atomic E-state index is 11.0. The van der Waals surface area contributed by atoms with E-state index in [-0.39, 0.29) is 5.97 Å². The molecule has 0 aliphatic carbocycles. The highest BCUT2D eigenvalue weighted by atomic mass is 16.5. The summed E-state index contributed by atoms with van der Waals surface area (Å²) in [5.41, 5.74) is 0. The third-order valence-corrected chi connectivity index (χ3v) is 1.72. The Balaban J connectivity index is 4.41. The number of aliphatic imine (C=N–C) groups is 1. The van der Waals surface area contributed by atoms with Crippen molar-refractivity contribution >= 4 is 11.8 Å². The van der Waals surface area contributed by atoms with E-state index in [2.05, 4.69) is 9.73 Å². The number of rotatable bonds is 3. The Morgan fingerprint density at radius 2 is 2.08 bits per heavy atom. The van der Waals surface area contributed by atoms with Gasteiger partial charge in [0.25, 0.3) is 0 Å². The average molecular weight is 186 g/mol. The average Bonchev–Trinajstić information content (AvgIpc) is 2.11. The molecule has 0 saturated carbocycles. The number of hydrogen-bond acceptors (Lipinski definition) is 3. The summed E-state index contributed by atoms with van der Waals surface area (Å²) in [7, 11) is 5.19. The molecule has 4 nitrogen and oxygen atoms in total. The third kappa shape index (κ3) is 3.92. The third-order valence-electron chi connectivity index (χ3n) is 1.72. The molecule has 0 saturated heterocycles. The maximum absolute atomic E-state index is 11.0. The lowest BCUT2D eigenvalue weighted by atomic mass is 10.3. The van der Waals surface area contributed by atoms with Gasteiger partial charge in [-0.05, 0) is 6.92 Å². The SMILES string of the molecule is CCC(=NC(C)C(=O)OC)N(C)C. The van der Waals surface area contributed by atoms with Gasteiger partial charge in [-0.15, -0.1) is 0 Å². The topological polar surface area (TPSA) is 41.9 Å². The fourth-order valence-electron chi connectivity index (χ4n) is 0.970. The summed E-state index contributed by atoms with van der Waals surface area (Å²) in [6, 6.07) is -0.414. The summed E-state index contributed by atoms with van der Waals surface area (Å²) < 4.78 is 4.57. The van der Waals surface area contributed by atoms with Crippen molar-refractivity contribution in [2.24, 2.45) is 4.99 Å². The minimum atomic E-state index is -0.414. The standard InChI is InChI=1S/C9H18N2O2/c1-6-8(11(3)4)10-7(2)9(12)13-5/h7H,6H2,1-5H3. The lowest BCUT2D eigenvalue weighted by molar-refractivity contribution is -0.141. The van der Waals surface area contributed by atoms with Crippen molar-refractivity contribution in [2.45, 2.75) is 26.3 Å². The largest absolute Gasteiger partial charge is 0.467 e. The second-order valence-electron chi connectivity index (χ2n) is 2.99. The summed E-state index contributed by atoms with van der Waals surface area (Å²) in [5.74, 6) is 0.603. The van der Waals surface area contributed by atoms with Crippen LogP contribution >= 0.6 is 0 Å². The van der Waals surface area contributed by atoms with E-state index >= 15 is 0 Å². The van der Waals surface area contributed by atoms with Gasteiger partial charge in [0.2, 0.25) is 0 Å². The van der Waals surface area contributed by atoms with E-state index in [1.807, 2.05) is 25.9 Å². The molecule has 13 heavy (non-hydrogen) atoms. The lowest BCUT2D eigenvalue weighted by Gasteiger charge is -2.15. The van der Waals surface area contributed by atoms with Crippen molar-refractivity contribution < 1.29 is 9.53 Å². The molecule has 0 amide bonds. The number of nitrogens with zero attached hydrogens (tertiary/aromatic N) is 2. The zero-order valence-corrected chi connectivity index (χ0v) is 9.00. The molecule has 1 atom stereocenters. The van der Waals surface area contributed by atoms with Crippen LogP contribution in [0.4, 0.5) is 0 Å². The van der Waals surface area contributed by atoms with Gasteiger partial charge in [-0.25, -0.2) is 4.79 Å². The van der Waals surface area contributed by atoms with Gasteiger partial charge in [0.05, 0.1) is 12.9 Å². The number of ether oxygens (including phenoxy) is 1. The lowest BCUT2D eigenvalue weighted by Crippen LogP contribution is -2.26. The molecule has 0 aromatic rings. The molecule has 76 valence electrons. The van der Waals surface area contributed by atoms with Gasteiger partial charge in [0.1, 0.15) is 6.04 Å². The van der Waals surface area contributed by atoms with Crippen LogP contribution in [-0.4, -0.2) is 44.0 Å². The van der Waals surface area contributed by atoms with Gasteiger partial charge in [-0.1, -0.05) is 6.92 Å². The smallest absolute Gasteiger partial charge is 0.330 e. The Labute approximate surface area is 79.6 Å². The van der Waals surface area contributed by atoms with E-state index in [4.69, 9.17) is 0 Å². The van der Waals surface area contributed by atoms with E-state index in [1.54, 1.807) is 6.92 Å². The minimum Gasteiger partial charge on any atom is -0.467 e. The summed E-state index contributed by atoms with van der Waals surface area (Å²) in [5, 5.41) is 0. The summed E-state index contributed by atoms with van der Waals surface area (Å²) >= 11 is 0. The first-order valence-corrected chi connectivity index (χ1v) is 4.34. The number of carbonyl (C=O) groups is 1. The number of hydrogen-bond donors (Lipinski definition) is 0. The normalized spacial score (nSPS) is 13.8. The zero-order chi connectivity index (χ0) is 10.4. The fraction of sp³-hybridized carbons (Fsp3) is 0.778. The molecular weight excluding hydrogens is 168 g/mol. The fourth-order valence-corrected chi connectivity index (χ4v) is 0.970. The molecule has 4 heteroatoms. The van der Waals surface area contributed by atoms with Crippen LogP contribution in [0.5, 0.6) is 0 Å². The van der Waals surface area contributed by atoms with Gasteiger partial charge >= 0.3 is 5.97 Å². The van der Waals surface area contributed by atoms with Crippen molar-refractivity contribution in [1.82, 2.24) is 4.90 Å². The Morgan fingerprint density at radius 3 is 2.38 bits per heavy atom. The Bertz CT molecular complexity index is 200. The molecule has 0 bridgehead atoms. The summed E-state index contributed by atoms with van der Waals surface area (Å²) in [6.45, 7) is 3.73. The Kier molecular flexibility index (Phi) is 5.11. The summed E-state index contributed by atoms with van der Waals surface area (Å²) in [6.07, 6.45) is 0.814. The monoisotopic (exact) mass is 186 g/mol. The van der Waals surface area contributed by atoms with E-state index in [0.29, 0.717) is 0 Å². The predicted octanol–water partition coefficient (Wildman–Crippen LogP) is 0.918. The van der Waals surface area contributed by atoms with Crippen LogP contribution in [0, 0.1) is 0 Å². The number of esters is 1. The highest BCUT2D eigenvalue weighted by Gasteiger charge is 2.12. The van der Waals surface area contributed by atoms with Crippen molar-refractivity contribution in [2.75, 3.05) is 21.2 Å². The van der Waals surface area contributed by atoms with Crippen LogP contribution < -0.4 is 0 Å². The molecule has 0 rings (SSSR count). The Morgan fingerprint density at radius 1 is 1.54 bits per heavy atom.